The average molecular weight is 381 g/mol. The molecule has 0 bridgehead atoms. The summed E-state index contributed by atoms with van der Waals surface area (Å²) >= 11 is 7.63. The van der Waals surface area contributed by atoms with E-state index in [1.807, 2.05) is 24.4 Å². The number of benzene rings is 1. The van der Waals surface area contributed by atoms with E-state index in [9.17, 15) is 14.7 Å². The van der Waals surface area contributed by atoms with E-state index in [0.29, 0.717) is 30.1 Å². The number of aliphatic hydroxyl groups is 1. The van der Waals surface area contributed by atoms with Crippen LogP contribution in [0.1, 0.15) is 29.2 Å². The van der Waals surface area contributed by atoms with Gasteiger partial charge in [0.2, 0.25) is 0 Å². The molecule has 0 aliphatic carbocycles. The molecule has 0 saturated carbocycles. The number of hydrogen-bond acceptors (Lipinski definition) is 4. The lowest BCUT2D eigenvalue weighted by Crippen LogP contribution is -2.36. The zero-order valence-electron chi connectivity index (χ0n) is 13.9. The molecular formula is C18H21ClN2O3S. The topological polar surface area (TPSA) is 78.4 Å². The summed E-state index contributed by atoms with van der Waals surface area (Å²) in [4.78, 5) is 25.0. The number of thiophene rings is 1. The number of halogens is 1. The molecule has 134 valence electrons. The molecule has 1 aromatic carbocycles. The zero-order chi connectivity index (χ0) is 18.2. The number of nitrogens with one attached hydrogen (secondary N) is 2. The van der Waals surface area contributed by atoms with Crippen molar-refractivity contribution in [2.75, 3.05) is 18.5 Å². The van der Waals surface area contributed by atoms with Gasteiger partial charge in [-0.15, -0.1) is 11.3 Å². The van der Waals surface area contributed by atoms with Gasteiger partial charge in [-0.25, -0.2) is 0 Å². The summed E-state index contributed by atoms with van der Waals surface area (Å²) in [6.07, 6.45) is 1.29. The number of anilines is 1. The molecular weight excluding hydrogens is 360 g/mol. The van der Waals surface area contributed by atoms with E-state index in [0.717, 1.165) is 5.56 Å². The third-order valence-electron chi connectivity index (χ3n) is 3.84. The summed E-state index contributed by atoms with van der Waals surface area (Å²) in [7, 11) is 0. The Kier molecular flexibility index (Phi) is 7.43. The van der Waals surface area contributed by atoms with Crippen molar-refractivity contribution in [3.8, 4) is 0 Å². The molecule has 7 heteroatoms. The second kappa shape index (κ2) is 9.56. The monoisotopic (exact) mass is 380 g/mol. The minimum atomic E-state index is -0.727. The van der Waals surface area contributed by atoms with Crippen molar-refractivity contribution < 1.29 is 14.7 Å². The van der Waals surface area contributed by atoms with Crippen LogP contribution in [0.2, 0.25) is 5.02 Å². The smallest absolute Gasteiger partial charge is 0.313 e. The zero-order valence-corrected chi connectivity index (χ0v) is 15.5. The number of hydrogen-bond donors (Lipinski definition) is 3. The van der Waals surface area contributed by atoms with Crippen molar-refractivity contribution in [1.29, 1.82) is 0 Å². The highest BCUT2D eigenvalue weighted by atomic mass is 35.5. The maximum absolute atomic E-state index is 11.9. The number of rotatable bonds is 7. The molecule has 0 aliphatic heterocycles. The Labute approximate surface area is 156 Å². The molecule has 1 heterocycles. The summed E-state index contributed by atoms with van der Waals surface area (Å²) in [5.41, 5.74) is 1.38. The van der Waals surface area contributed by atoms with Gasteiger partial charge in [-0.1, -0.05) is 23.7 Å². The lowest BCUT2D eigenvalue weighted by atomic mass is 10.00. The summed E-state index contributed by atoms with van der Waals surface area (Å²) in [6, 6.07) is 9.05. The van der Waals surface area contributed by atoms with Crippen LogP contribution in [0.3, 0.4) is 0 Å². The van der Waals surface area contributed by atoms with Gasteiger partial charge in [0.05, 0.1) is 0 Å². The third kappa shape index (κ3) is 5.85. The van der Waals surface area contributed by atoms with Gasteiger partial charge in [0.15, 0.2) is 0 Å². The van der Waals surface area contributed by atoms with Gasteiger partial charge in [0.25, 0.3) is 0 Å². The largest absolute Gasteiger partial charge is 0.396 e. The summed E-state index contributed by atoms with van der Waals surface area (Å²) < 4.78 is 0. The highest BCUT2D eigenvalue weighted by Gasteiger charge is 2.16. The van der Waals surface area contributed by atoms with Gasteiger partial charge in [-0.3, -0.25) is 9.59 Å². The molecule has 25 heavy (non-hydrogen) atoms. The molecule has 2 amide bonds. The van der Waals surface area contributed by atoms with Crippen molar-refractivity contribution in [2.45, 2.75) is 25.7 Å². The number of carbonyl (C=O) groups excluding carboxylic acids is 2. The SMILES string of the molecule is Cc1ccc(NC(=O)C(=O)NCC[C@@H](CCO)c2cccs2)cc1Cl. The van der Waals surface area contributed by atoms with Gasteiger partial charge < -0.3 is 15.7 Å². The predicted octanol–water partition coefficient (Wildman–Crippen LogP) is 3.32. The first-order chi connectivity index (χ1) is 12.0. The van der Waals surface area contributed by atoms with E-state index in [4.69, 9.17) is 11.6 Å². The molecule has 1 aromatic heterocycles. The maximum atomic E-state index is 11.9. The molecule has 3 N–H and O–H groups in total. The lowest BCUT2D eigenvalue weighted by molar-refractivity contribution is -0.136. The molecule has 0 saturated heterocycles. The van der Waals surface area contributed by atoms with Crippen LogP contribution in [0.25, 0.3) is 0 Å². The van der Waals surface area contributed by atoms with Crippen molar-refractivity contribution in [3.05, 3.63) is 51.2 Å². The lowest BCUT2D eigenvalue weighted by Gasteiger charge is -2.14. The van der Waals surface area contributed by atoms with Crippen LogP contribution in [0.4, 0.5) is 5.69 Å². The Bertz CT molecular complexity index is 719. The average Bonchev–Trinajstić information content (AvgIpc) is 3.11. The third-order valence-corrected chi connectivity index (χ3v) is 5.28. The predicted molar refractivity (Wildman–Crippen MR) is 101 cm³/mol. The minimum absolute atomic E-state index is 0.0885. The van der Waals surface area contributed by atoms with E-state index in [-0.39, 0.29) is 12.5 Å². The van der Waals surface area contributed by atoms with Gasteiger partial charge in [0.1, 0.15) is 0 Å². The van der Waals surface area contributed by atoms with E-state index in [2.05, 4.69) is 10.6 Å². The summed E-state index contributed by atoms with van der Waals surface area (Å²) in [5, 5.41) is 16.8. The van der Waals surface area contributed by atoms with E-state index < -0.39 is 11.8 Å². The van der Waals surface area contributed by atoms with Crippen molar-refractivity contribution in [2.24, 2.45) is 0 Å². The molecule has 0 spiro atoms. The van der Waals surface area contributed by atoms with Crippen LogP contribution in [0.5, 0.6) is 0 Å². The fraction of sp³-hybridized carbons (Fsp3) is 0.333. The number of carbonyl (C=O) groups is 2. The highest BCUT2D eigenvalue weighted by molar-refractivity contribution is 7.10. The molecule has 0 radical (unpaired) electrons. The van der Waals surface area contributed by atoms with Crippen LogP contribution in [0, 0.1) is 6.92 Å². The second-order valence-electron chi connectivity index (χ2n) is 5.69. The van der Waals surface area contributed by atoms with Crippen LogP contribution < -0.4 is 10.6 Å². The van der Waals surface area contributed by atoms with Gasteiger partial charge in [-0.2, -0.15) is 0 Å². The van der Waals surface area contributed by atoms with Crippen LogP contribution in [-0.4, -0.2) is 30.1 Å². The molecule has 0 unspecified atom stereocenters. The fourth-order valence-corrected chi connectivity index (χ4v) is 3.49. The number of amides is 2. The molecule has 1 atom stereocenters. The van der Waals surface area contributed by atoms with Gasteiger partial charge in [-0.05, 0) is 54.8 Å². The molecule has 5 nitrogen and oxygen atoms in total. The van der Waals surface area contributed by atoms with Gasteiger partial charge >= 0.3 is 11.8 Å². The fourth-order valence-electron chi connectivity index (χ4n) is 2.41. The molecule has 2 aromatic rings. The van der Waals surface area contributed by atoms with E-state index in [1.165, 1.54) is 4.88 Å². The van der Waals surface area contributed by atoms with E-state index >= 15 is 0 Å². The normalized spacial score (nSPS) is 11.8. The summed E-state index contributed by atoms with van der Waals surface area (Å²) in [5.74, 6) is -1.25. The minimum Gasteiger partial charge on any atom is -0.396 e. The van der Waals surface area contributed by atoms with E-state index in [1.54, 1.807) is 29.5 Å². The Morgan fingerprint density at radius 1 is 1.24 bits per heavy atom. The Balaban J connectivity index is 1.82. The first kappa shape index (κ1) is 19.4. The van der Waals surface area contributed by atoms with Crippen LogP contribution in [-0.2, 0) is 9.59 Å². The Morgan fingerprint density at radius 3 is 2.68 bits per heavy atom. The molecule has 2 rings (SSSR count). The van der Waals surface area contributed by atoms with Gasteiger partial charge in [0, 0.05) is 28.7 Å². The number of aryl methyl sites for hydroxylation is 1. The number of aliphatic hydroxyl groups excluding tert-OH is 1. The Hall–Kier alpha value is -1.89. The standard InChI is InChI=1S/C18H21ClN2O3S/c1-12-4-5-14(11-15(12)19)21-18(24)17(23)20-8-6-13(7-9-22)16-3-2-10-25-16/h2-5,10-11,13,22H,6-9H2,1H3,(H,20,23)(H,21,24)/t13-/m0/s1. The van der Waals surface area contributed by atoms with Crippen molar-refractivity contribution in [3.63, 3.8) is 0 Å². The van der Waals surface area contributed by atoms with Crippen molar-refractivity contribution >= 4 is 40.4 Å². The Morgan fingerprint density at radius 2 is 2.04 bits per heavy atom. The summed E-state index contributed by atoms with van der Waals surface area (Å²) in [6.45, 7) is 2.31. The van der Waals surface area contributed by atoms with Crippen LogP contribution >= 0.6 is 22.9 Å². The maximum Gasteiger partial charge on any atom is 0.313 e. The quantitative estimate of drug-likeness (QED) is 0.645. The second-order valence-corrected chi connectivity index (χ2v) is 7.07. The van der Waals surface area contributed by atoms with Crippen molar-refractivity contribution in [1.82, 2.24) is 5.32 Å². The highest BCUT2D eigenvalue weighted by Crippen LogP contribution is 2.26. The molecule has 0 aliphatic rings. The molecule has 0 fully saturated rings. The first-order valence-corrected chi connectivity index (χ1v) is 9.26. The first-order valence-electron chi connectivity index (χ1n) is 8.01. The van der Waals surface area contributed by atoms with Crippen LogP contribution in [0.15, 0.2) is 35.7 Å².